The van der Waals surface area contributed by atoms with Crippen LogP contribution in [0.2, 0.25) is 0 Å². The summed E-state index contributed by atoms with van der Waals surface area (Å²) in [6.07, 6.45) is 31.1. The second-order valence-electron chi connectivity index (χ2n) is 14.4. The molecule has 0 spiro atoms. The minimum absolute atomic E-state index is 0.0307. The van der Waals surface area contributed by atoms with E-state index in [0.717, 1.165) is 19.3 Å². The van der Waals surface area contributed by atoms with Crippen LogP contribution in [0.1, 0.15) is 174 Å². The Bertz CT molecular complexity index is 789. The Morgan fingerprint density at radius 2 is 1.00 bits per heavy atom. The Balaban J connectivity index is 3.62. The van der Waals surface area contributed by atoms with Gasteiger partial charge in [0.1, 0.15) is 19.8 Å². The Morgan fingerprint density at radius 3 is 1.36 bits per heavy atom. The van der Waals surface area contributed by atoms with Crippen molar-refractivity contribution in [1.29, 1.82) is 0 Å². The quantitative estimate of drug-likeness (QED) is 0.0280. The van der Waals surface area contributed by atoms with Crippen LogP contribution >= 0.6 is 7.82 Å². The van der Waals surface area contributed by atoms with Gasteiger partial charge in [0.25, 0.3) is 7.82 Å². The summed E-state index contributed by atoms with van der Waals surface area (Å²) < 4.78 is 32.5. The zero-order valence-corrected chi connectivity index (χ0v) is 32.1. The molecule has 0 aliphatic rings. The Kier molecular flexibility index (Phi) is 30.4. The SMILES string of the molecule is CCCCCCCCCCCCCCCCCCCCCCCCCCC(=O)OC[C@H](COP(=O)([O-])OCC[N+](C)(C)C)OC(C)=O. The molecular weight excluding hydrogens is 617 g/mol. The molecule has 0 saturated carbocycles. The molecule has 0 fully saturated rings. The lowest BCUT2D eigenvalue weighted by Crippen LogP contribution is -2.37. The fourth-order valence-corrected chi connectivity index (χ4v) is 6.21. The van der Waals surface area contributed by atoms with Gasteiger partial charge in [-0.25, -0.2) is 0 Å². The maximum Gasteiger partial charge on any atom is 0.305 e. The van der Waals surface area contributed by atoms with Gasteiger partial charge in [-0.15, -0.1) is 0 Å². The van der Waals surface area contributed by atoms with Gasteiger partial charge in [-0.3, -0.25) is 14.2 Å². The number of carbonyl (C=O) groups is 2. The number of esters is 2. The van der Waals surface area contributed by atoms with E-state index in [-0.39, 0.29) is 19.6 Å². The lowest BCUT2D eigenvalue weighted by molar-refractivity contribution is -0.870. The summed E-state index contributed by atoms with van der Waals surface area (Å²) in [5, 5.41) is 0. The number of likely N-dealkylation sites (N-methyl/N-ethyl adjacent to an activating group) is 1. The highest BCUT2D eigenvalue weighted by Gasteiger charge is 2.20. The number of quaternary nitrogens is 1. The van der Waals surface area contributed by atoms with Crippen molar-refractivity contribution < 1.29 is 42.1 Å². The lowest BCUT2D eigenvalue weighted by atomic mass is 10.0. The Morgan fingerprint density at radius 1 is 0.617 bits per heavy atom. The topological polar surface area (TPSA) is 111 Å². The number of hydrogen-bond acceptors (Lipinski definition) is 8. The summed E-state index contributed by atoms with van der Waals surface area (Å²) in [6, 6.07) is 0. The molecule has 0 aliphatic carbocycles. The first kappa shape index (κ1) is 46.0. The van der Waals surface area contributed by atoms with Gasteiger partial charge in [0.2, 0.25) is 0 Å². The Labute approximate surface area is 289 Å². The fraction of sp³-hybridized carbons (Fsp3) is 0.946. The van der Waals surface area contributed by atoms with Crippen molar-refractivity contribution in [3.05, 3.63) is 0 Å². The van der Waals surface area contributed by atoms with Gasteiger partial charge < -0.3 is 27.9 Å². The summed E-state index contributed by atoms with van der Waals surface area (Å²) in [4.78, 5) is 35.5. The molecule has 0 aromatic carbocycles. The van der Waals surface area contributed by atoms with Gasteiger partial charge in [-0.2, -0.15) is 0 Å². The van der Waals surface area contributed by atoms with Crippen LogP contribution in [0.25, 0.3) is 0 Å². The lowest BCUT2D eigenvalue weighted by Gasteiger charge is -2.28. The van der Waals surface area contributed by atoms with Crippen LogP contribution in [0, 0.1) is 0 Å². The number of hydrogen-bond donors (Lipinski definition) is 0. The first-order chi connectivity index (χ1) is 22.4. The smallest absolute Gasteiger partial charge is 0.305 e. The highest BCUT2D eigenvalue weighted by Crippen LogP contribution is 2.38. The molecule has 2 atom stereocenters. The van der Waals surface area contributed by atoms with E-state index in [4.69, 9.17) is 18.5 Å². The predicted octanol–water partition coefficient (Wildman–Crippen LogP) is 9.44. The molecule has 47 heavy (non-hydrogen) atoms. The first-order valence-corrected chi connectivity index (χ1v) is 20.6. The second kappa shape index (κ2) is 31.0. The third kappa shape index (κ3) is 36.1. The van der Waals surface area contributed by atoms with Gasteiger partial charge in [0, 0.05) is 13.3 Å². The number of unbranched alkanes of at least 4 members (excludes halogenated alkanes) is 23. The molecule has 0 bridgehead atoms. The van der Waals surface area contributed by atoms with Crippen molar-refractivity contribution in [3.63, 3.8) is 0 Å². The first-order valence-electron chi connectivity index (χ1n) is 19.2. The molecule has 9 nitrogen and oxygen atoms in total. The summed E-state index contributed by atoms with van der Waals surface area (Å²) in [5.41, 5.74) is 0. The number of phosphoric acid groups is 1. The average molecular weight is 692 g/mol. The number of phosphoric ester groups is 1. The molecule has 10 heteroatoms. The maximum absolute atomic E-state index is 12.1. The molecule has 0 N–H and O–H groups in total. The van der Waals surface area contributed by atoms with Crippen molar-refractivity contribution in [2.45, 2.75) is 180 Å². The molecule has 0 saturated heterocycles. The molecule has 0 radical (unpaired) electrons. The van der Waals surface area contributed by atoms with E-state index in [2.05, 4.69) is 6.92 Å². The van der Waals surface area contributed by atoms with Gasteiger partial charge >= 0.3 is 11.9 Å². The number of ether oxygens (including phenoxy) is 2. The van der Waals surface area contributed by atoms with Crippen LogP contribution < -0.4 is 4.89 Å². The zero-order valence-electron chi connectivity index (χ0n) is 31.2. The molecular formula is C37H74NO8P. The summed E-state index contributed by atoms with van der Waals surface area (Å²) in [7, 11) is 1.17. The highest BCUT2D eigenvalue weighted by molar-refractivity contribution is 7.45. The normalized spacial score (nSPS) is 13.7. The van der Waals surface area contributed by atoms with Crippen LogP contribution in [0.4, 0.5) is 0 Å². The number of nitrogens with zero attached hydrogens (tertiary/aromatic N) is 1. The fourth-order valence-electron chi connectivity index (χ4n) is 5.48. The van der Waals surface area contributed by atoms with Gasteiger partial charge in [0.15, 0.2) is 6.10 Å². The molecule has 0 aromatic rings. The van der Waals surface area contributed by atoms with Crippen molar-refractivity contribution >= 4 is 19.8 Å². The van der Waals surface area contributed by atoms with Gasteiger partial charge in [0.05, 0.1) is 27.7 Å². The highest BCUT2D eigenvalue weighted by atomic mass is 31.2. The molecule has 1 unspecified atom stereocenters. The van der Waals surface area contributed by atoms with Crippen molar-refractivity contribution in [2.24, 2.45) is 0 Å². The standard InChI is InChI=1S/C37H74NO8P/c1-6-7-8-9-10-11-12-13-14-15-16-17-18-19-20-21-22-23-24-25-26-27-28-29-30-37(40)43-33-36(46-35(2)39)34-45-47(41,42)44-32-31-38(3,4)5/h36H,6-34H2,1-5H3/t36-/m1/s1. The third-order valence-corrected chi connectivity index (χ3v) is 9.39. The van der Waals surface area contributed by atoms with Gasteiger partial charge in [-0.1, -0.05) is 155 Å². The van der Waals surface area contributed by atoms with Gasteiger partial charge in [-0.05, 0) is 6.42 Å². The largest absolute Gasteiger partial charge is 0.756 e. The van der Waals surface area contributed by atoms with E-state index in [1.54, 1.807) is 0 Å². The predicted molar refractivity (Wildman–Crippen MR) is 190 cm³/mol. The van der Waals surface area contributed by atoms with E-state index in [9.17, 15) is 19.0 Å². The minimum atomic E-state index is -4.57. The maximum atomic E-state index is 12.1. The van der Waals surface area contributed by atoms with E-state index >= 15 is 0 Å². The number of carbonyl (C=O) groups excluding carboxylic acids is 2. The molecule has 0 amide bonds. The van der Waals surface area contributed by atoms with Crippen LogP contribution in [-0.2, 0) is 32.7 Å². The molecule has 0 heterocycles. The minimum Gasteiger partial charge on any atom is -0.756 e. The molecule has 0 aliphatic heterocycles. The van der Waals surface area contributed by atoms with E-state index in [0.29, 0.717) is 11.0 Å². The summed E-state index contributed by atoms with van der Waals surface area (Å²) in [5.74, 6) is -1.02. The second-order valence-corrected chi connectivity index (χ2v) is 15.8. The van der Waals surface area contributed by atoms with Crippen LogP contribution in [0.3, 0.4) is 0 Å². The molecule has 280 valence electrons. The van der Waals surface area contributed by atoms with Crippen molar-refractivity contribution in [2.75, 3.05) is 47.5 Å². The monoisotopic (exact) mass is 692 g/mol. The third-order valence-electron chi connectivity index (χ3n) is 8.43. The molecule has 0 aromatic heterocycles. The van der Waals surface area contributed by atoms with Crippen LogP contribution in [0.5, 0.6) is 0 Å². The van der Waals surface area contributed by atoms with E-state index < -0.39 is 32.5 Å². The molecule has 0 rings (SSSR count). The Hall–Kier alpha value is -0.990. The van der Waals surface area contributed by atoms with E-state index in [1.165, 1.54) is 142 Å². The van der Waals surface area contributed by atoms with Crippen molar-refractivity contribution in [3.8, 4) is 0 Å². The zero-order chi connectivity index (χ0) is 35.1. The van der Waals surface area contributed by atoms with Crippen LogP contribution in [-0.4, -0.2) is 70.0 Å². The average Bonchev–Trinajstić information content (AvgIpc) is 2.99. The van der Waals surface area contributed by atoms with Crippen LogP contribution in [0.15, 0.2) is 0 Å². The van der Waals surface area contributed by atoms with Crippen molar-refractivity contribution in [1.82, 2.24) is 0 Å². The summed E-state index contributed by atoms with van der Waals surface area (Å²) in [6.45, 7) is 3.18. The summed E-state index contributed by atoms with van der Waals surface area (Å²) >= 11 is 0. The number of rotatable bonds is 35. The van der Waals surface area contributed by atoms with E-state index in [1.807, 2.05) is 21.1 Å².